The molecule has 4 heterocycles. The topological polar surface area (TPSA) is 32.7 Å². The number of nitrogens with zero attached hydrogens (tertiary/aromatic N) is 8. The molecule has 0 unspecified atom stereocenters. The molecule has 4 aromatic heterocycles. The molecular formula is C130H100N8. The SMILES string of the molecule is CCc1ccc2c(c1)c1cc(N(c3ccccc3)c3ccc(/C=C/c4ccc(N(c5ccccc5)c5ccc6c(c5)c5cc(CC)ccc5n6-c5ccccc5)cc4)cc3)ccc1n2-c1ccccc1.Cc1ccc2c(c1)c1cc(N(c3ccccc3)c3ccc(/C=C/c4ccc(N(c5ccccc5)c5ccc6c(c5)c5cc(C)ccc5n6-c5ccccc5)cc4)cc3)ccc1n2-c1ccccc1. The Morgan fingerprint density at radius 2 is 0.341 bits per heavy atom. The van der Waals surface area contributed by atoms with Crippen molar-refractivity contribution in [2.24, 2.45) is 0 Å². The summed E-state index contributed by atoms with van der Waals surface area (Å²) in [4.78, 5) is 9.43. The highest BCUT2D eigenvalue weighted by Gasteiger charge is 2.25. The predicted molar refractivity (Wildman–Crippen MR) is 588 cm³/mol. The fourth-order valence-electron chi connectivity index (χ4n) is 20.2. The van der Waals surface area contributed by atoms with E-state index in [4.69, 9.17) is 0 Å². The zero-order chi connectivity index (χ0) is 92.5. The van der Waals surface area contributed by atoms with Crippen molar-refractivity contribution in [3.8, 4) is 22.7 Å². The molecule has 24 rings (SSSR count). The first kappa shape index (κ1) is 84.5. The van der Waals surface area contributed by atoms with Crippen LogP contribution in [-0.4, -0.2) is 18.3 Å². The standard InChI is InChI=1S/C66H52N4.C64H48N4/c1-3-47-31-39-63-59(43-47)61-45-57(37-41-65(61)69(63)53-21-13-7-14-22-53)67(51-17-9-5-10-18-51)55-33-27-49(28-34-55)25-26-50-29-35-56(36-30-50)68(52-19-11-6-12-20-52)58-38-42-66-62(46-58)60-44-48(4-2)32-40-64(60)70(66)54-23-15-8-16-24-54;1-45-23-37-61-57(41-45)59-43-55(35-39-63(59)67(61)51-19-11-5-12-20-51)65(49-15-7-3-8-16-49)53-31-27-47(28-32-53)25-26-48-29-33-54(34-30-48)66(50-17-9-4-10-18-50)56-36-40-64-60(44-56)58-42-46(2)24-38-62(58)68(64)52-21-13-6-14-22-52/h5-46H,3-4H2,1-2H3;3-44H,1-2H3/b2*26-25+. The Morgan fingerprint density at radius 3 is 0.558 bits per heavy atom. The van der Waals surface area contributed by atoms with Crippen LogP contribution >= 0.6 is 0 Å². The van der Waals surface area contributed by atoms with Gasteiger partial charge in [-0.2, -0.15) is 0 Å². The van der Waals surface area contributed by atoms with Gasteiger partial charge in [-0.15, -0.1) is 0 Å². The van der Waals surface area contributed by atoms with Crippen LogP contribution in [0.5, 0.6) is 0 Å². The summed E-state index contributed by atoms with van der Waals surface area (Å²) >= 11 is 0. The van der Waals surface area contributed by atoms with Crippen LogP contribution < -0.4 is 19.6 Å². The number of para-hydroxylation sites is 8. The summed E-state index contributed by atoms with van der Waals surface area (Å²) in [5.41, 5.74) is 37.2. The number of anilines is 12. The van der Waals surface area contributed by atoms with Gasteiger partial charge in [-0.3, -0.25) is 0 Å². The summed E-state index contributed by atoms with van der Waals surface area (Å²) in [7, 11) is 0. The Balaban J connectivity index is 0.000000155. The minimum absolute atomic E-state index is 0.990. The zero-order valence-corrected chi connectivity index (χ0v) is 77.5. The lowest BCUT2D eigenvalue weighted by Gasteiger charge is -2.26. The van der Waals surface area contributed by atoms with Crippen molar-refractivity contribution in [3.05, 3.63) is 530 Å². The molecule has 0 aliphatic rings. The predicted octanol–water partition coefficient (Wildman–Crippen LogP) is 35.7. The normalized spacial score (nSPS) is 11.6. The van der Waals surface area contributed by atoms with Crippen molar-refractivity contribution in [2.75, 3.05) is 19.6 Å². The number of benzene rings is 20. The van der Waals surface area contributed by atoms with E-state index in [1.165, 1.54) is 109 Å². The van der Waals surface area contributed by atoms with E-state index in [2.05, 4.69) is 575 Å². The van der Waals surface area contributed by atoms with E-state index in [1.807, 2.05) is 0 Å². The van der Waals surface area contributed by atoms with Gasteiger partial charge in [-0.05, 0) is 327 Å². The highest BCUT2D eigenvalue weighted by Crippen LogP contribution is 2.47. The second-order valence-corrected chi connectivity index (χ2v) is 35.7. The van der Waals surface area contributed by atoms with Crippen LogP contribution in [0.2, 0.25) is 0 Å². The molecule has 0 aliphatic heterocycles. The smallest absolute Gasteiger partial charge is 0.0542 e. The molecule has 0 fully saturated rings. The monoisotopic (exact) mass is 1770 g/mol. The Labute approximate surface area is 805 Å². The van der Waals surface area contributed by atoms with Gasteiger partial charge >= 0.3 is 0 Å². The maximum absolute atomic E-state index is 2.39. The number of rotatable bonds is 22. The van der Waals surface area contributed by atoms with E-state index in [1.54, 1.807) is 0 Å². The first-order chi connectivity index (χ1) is 68.1. The summed E-state index contributed by atoms with van der Waals surface area (Å²) in [6, 6.07) is 176. The van der Waals surface area contributed by atoms with Crippen molar-refractivity contribution < 1.29 is 0 Å². The quantitative estimate of drug-likeness (QED) is 0.0633. The average Bonchev–Trinajstić information content (AvgIpc) is 1.60. The molecule has 0 N–H and O–H groups in total. The first-order valence-corrected chi connectivity index (χ1v) is 47.8. The lowest BCUT2D eigenvalue weighted by atomic mass is 10.1. The Bertz CT molecular complexity index is 8100. The summed E-state index contributed by atoms with van der Waals surface area (Å²) in [6.45, 7) is 8.80. The third-order valence-corrected chi connectivity index (χ3v) is 26.9. The van der Waals surface area contributed by atoms with Gasteiger partial charge in [0.25, 0.3) is 0 Å². The first-order valence-electron chi connectivity index (χ1n) is 47.8. The van der Waals surface area contributed by atoms with Crippen LogP contribution in [0.4, 0.5) is 68.2 Å². The van der Waals surface area contributed by atoms with Gasteiger partial charge in [0.15, 0.2) is 0 Å². The summed E-state index contributed by atoms with van der Waals surface area (Å²) in [5.74, 6) is 0. The zero-order valence-electron chi connectivity index (χ0n) is 77.5. The van der Waals surface area contributed by atoms with Crippen LogP contribution in [0.1, 0.15) is 58.4 Å². The van der Waals surface area contributed by atoms with Crippen LogP contribution in [0.3, 0.4) is 0 Å². The fourth-order valence-corrected chi connectivity index (χ4v) is 20.2. The van der Waals surface area contributed by atoms with Gasteiger partial charge in [-0.1, -0.05) is 268 Å². The molecule has 0 saturated heterocycles. The molecule has 0 atom stereocenters. The van der Waals surface area contributed by atoms with Gasteiger partial charge in [0.05, 0.1) is 44.1 Å². The molecule has 0 aliphatic carbocycles. The largest absolute Gasteiger partial charge is 0.310 e. The second-order valence-electron chi connectivity index (χ2n) is 35.7. The lowest BCUT2D eigenvalue weighted by molar-refractivity contribution is 1.14. The molecule has 24 aromatic rings. The average molecular weight is 1770 g/mol. The minimum atomic E-state index is 0.990. The molecule has 0 saturated carbocycles. The van der Waals surface area contributed by atoms with Gasteiger partial charge in [0, 0.05) is 134 Å². The van der Waals surface area contributed by atoms with E-state index in [0.717, 1.165) is 126 Å². The molecule has 0 amide bonds. The second kappa shape index (κ2) is 37.0. The fraction of sp³-hybridized carbons (Fsp3) is 0.0462. The minimum Gasteiger partial charge on any atom is -0.310 e. The summed E-state index contributed by atoms with van der Waals surface area (Å²) < 4.78 is 9.54. The van der Waals surface area contributed by atoms with Crippen molar-refractivity contribution in [3.63, 3.8) is 0 Å². The molecule has 8 nitrogen and oxygen atoms in total. The maximum atomic E-state index is 2.39. The Morgan fingerprint density at radius 1 is 0.167 bits per heavy atom. The van der Waals surface area contributed by atoms with Crippen molar-refractivity contribution in [1.82, 2.24) is 18.3 Å². The van der Waals surface area contributed by atoms with Gasteiger partial charge in [-0.25, -0.2) is 0 Å². The molecule has 660 valence electrons. The third-order valence-electron chi connectivity index (χ3n) is 26.9. The maximum Gasteiger partial charge on any atom is 0.0542 e. The molecule has 0 spiro atoms. The number of aryl methyl sites for hydroxylation is 4. The van der Waals surface area contributed by atoms with Gasteiger partial charge in [0.1, 0.15) is 0 Å². The van der Waals surface area contributed by atoms with Crippen molar-refractivity contribution in [2.45, 2.75) is 40.5 Å². The molecule has 138 heavy (non-hydrogen) atoms. The Hall–Kier alpha value is -17.7. The van der Waals surface area contributed by atoms with E-state index in [9.17, 15) is 0 Å². The molecular weight excluding hydrogens is 1670 g/mol. The molecule has 0 bridgehead atoms. The van der Waals surface area contributed by atoms with Crippen molar-refractivity contribution in [1.29, 1.82) is 0 Å². The van der Waals surface area contributed by atoms with E-state index in [0.29, 0.717) is 0 Å². The highest BCUT2D eigenvalue weighted by atomic mass is 15.2. The number of hydrogen-bond acceptors (Lipinski definition) is 4. The van der Waals surface area contributed by atoms with Gasteiger partial charge < -0.3 is 37.9 Å². The van der Waals surface area contributed by atoms with Crippen LogP contribution in [0, 0.1) is 13.8 Å². The summed E-state index contributed by atoms with van der Waals surface area (Å²) in [6.07, 6.45) is 10.8. The van der Waals surface area contributed by atoms with Crippen LogP contribution in [0.25, 0.3) is 134 Å². The van der Waals surface area contributed by atoms with Gasteiger partial charge in [0.2, 0.25) is 0 Å². The van der Waals surface area contributed by atoms with E-state index in [-0.39, 0.29) is 0 Å². The van der Waals surface area contributed by atoms with Crippen LogP contribution in [-0.2, 0) is 12.8 Å². The molecule has 20 aromatic carbocycles. The van der Waals surface area contributed by atoms with Crippen LogP contribution in [0.15, 0.2) is 485 Å². The number of aromatic nitrogens is 4. The Kier molecular flexibility index (Phi) is 22.7. The molecule has 0 radical (unpaired) electrons. The number of fused-ring (bicyclic) bond motifs is 12. The third kappa shape index (κ3) is 16.3. The van der Waals surface area contributed by atoms with E-state index < -0.39 is 0 Å². The highest BCUT2D eigenvalue weighted by molar-refractivity contribution is 6.15. The lowest BCUT2D eigenvalue weighted by Crippen LogP contribution is -2.09. The molecule has 8 heteroatoms. The summed E-state index contributed by atoms with van der Waals surface area (Å²) in [5, 5.41) is 9.97. The number of hydrogen-bond donors (Lipinski definition) is 0. The van der Waals surface area contributed by atoms with Crippen molar-refractivity contribution >= 4 is 180 Å². The van der Waals surface area contributed by atoms with E-state index >= 15 is 0 Å².